The molecule has 2 aromatic heterocycles. The Morgan fingerprint density at radius 1 is 1.20 bits per heavy atom. The normalized spacial score (nSPS) is 12.2. The van der Waals surface area contributed by atoms with E-state index in [1.165, 1.54) is 0 Å². The number of rotatable bonds is 7. The molecule has 0 fully saturated rings. The van der Waals surface area contributed by atoms with Crippen LogP contribution in [0.1, 0.15) is 22.9 Å². The van der Waals surface area contributed by atoms with E-state index in [-0.39, 0.29) is 0 Å². The van der Waals surface area contributed by atoms with E-state index in [1.807, 2.05) is 48.5 Å². The molecule has 0 saturated carbocycles. The minimum Gasteiger partial charge on any atom is -0.480 e. The van der Waals surface area contributed by atoms with E-state index >= 15 is 0 Å². The highest BCUT2D eigenvalue weighted by molar-refractivity contribution is 5.75. The van der Waals surface area contributed by atoms with Crippen molar-refractivity contribution in [3.05, 3.63) is 83.9 Å². The number of nitrogens with zero attached hydrogens (tertiary/aromatic N) is 4. The zero-order chi connectivity index (χ0) is 17.6. The summed E-state index contributed by atoms with van der Waals surface area (Å²) < 4.78 is 1.76. The molecule has 0 aliphatic carbocycles. The molecule has 3 rings (SSSR count). The monoisotopic (exact) mass is 336 g/mol. The molecule has 0 unspecified atom stereocenters. The first-order valence-corrected chi connectivity index (χ1v) is 8.02. The van der Waals surface area contributed by atoms with E-state index in [0.29, 0.717) is 18.7 Å². The second-order valence-corrected chi connectivity index (χ2v) is 5.93. The molecule has 6 nitrogen and oxygen atoms in total. The molecule has 0 saturated heterocycles. The van der Waals surface area contributed by atoms with Gasteiger partial charge in [0.1, 0.15) is 6.04 Å². The fourth-order valence-electron chi connectivity index (χ4n) is 2.80. The summed E-state index contributed by atoms with van der Waals surface area (Å²) in [6, 6.07) is 14.8. The zero-order valence-electron chi connectivity index (χ0n) is 14.0. The molecule has 0 spiro atoms. The van der Waals surface area contributed by atoms with Crippen molar-refractivity contribution >= 4 is 5.97 Å². The van der Waals surface area contributed by atoms with Crippen molar-refractivity contribution in [3.8, 4) is 0 Å². The summed E-state index contributed by atoms with van der Waals surface area (Å²) in [5.74, 6) is -0.905. The lowest BCUT2D eigenvalue weighted by Crippen LogP contribution is -2.30. The van der Waals surface area contributed by atoms with Crippen LogP contribution in [-0.4, -0.2) is 37.8 Å². The fourth-order valence-corrected chi connectivity index (χ4v) is 2.80. The Balaban J connectivity index is 1.75. The van der Waals surface area contributed by atoms with Crippen LogP contribution in [0.15, 0.2) is 67.1 Å². The molecule has 25 heavy (non-hydrogen) atoms. The van der Waals surface area contributed by atoms with Gasteiger partial charge in [0.05, 0.1) is 18.4 Å². The Morgan fingerprint density at radius 2 is 1.96 bits per heavy atom. The third-order valence-electron chi connectivity index (χ3n) is 3.97. The Bertz CT molecular complexity index is 818. The molecule has 0 amide bonds. The number of hydrogen-bond acceptors (Lipinski definition) is 4. The molecule has 2 heterocycles. The van der Waals surface area contributed by atoms with Gasteiger partial charge in [0.25, 0.3) is 0 Å². The van der Waals surface area contributed by atoms with E-state index in [1.54, 1.807) is 35.2 Å². The van der Waals surface area contributed by atoms with Crippen LogP contribution >= 0.6 is 0 Å². The number of aromatic nitrogens is 3. The van der Waals surface area contributed by atoms with Crippen LogP contribution in [0.25, 0.3) is 0 Å². The van der Waals surface area contributed by atoms with Gasteiger partial charge in [-0.2, -0.15) is 5.10 Å². The molecule has 0 radical (unpaired) electrons. The number of aliphatic carboxylic acids is 1. The lowest BCUT2D eigenvalue weighted by Gasteiger charge is -2.23. The Morgan fingerprint density at radius 3 is 2.64 bits per heavy atom. The molecule has 6 heteroatoms. The number of carboxylic acids is 1. The molecule has 1 atom stereocenters. The molecule has 3 aromatic rings. The lowest BCUT2D eigenvalue weighted by atomic mass is 10.1. The van der Waals surface area contributed by atoms with Crippen molar-refractivity contribution in [3.63, 3.8) is 0 Å². The maximum Gasteiger partial charge on any atom is 0.325 e. The van der Waals surface area contributed by atoms with Crippen molar-refractivity contribution in [2.24, 2.45) is 0 Å². The average Bonchev–Trinajstić information content (AvgIpc) is 3.04. The minimum atomic E-state index is -0.905. The van der Waals surface area contributed by atoms with E-state index in [2.05, 4.69) is 10.1 Å². The van der Waals surface area contributed by atoms with Crippen LogP contribution in [0.5, 0.6) is 0 Å². The summed E-state index contributed by atoms with van der Waals surface area (Å²) in [5, 5.41) is 14.0. The van der Waals surface area contributed by atoms with Gasteiger partial charge in [-0.15, -0.1) is 0 Å². The van der Waals surface area contributed by atoms with E-state index in [0.717, 1.165) is 11.3 Å². The molecule has 1 N–H and O–H groups in total. The van der Waals surface area contributed by atoms with Crippen molar-refractivity contribution in [1.82, 2.24) is 19.7 Å². The highest BCUT2D eigenvalue weighted by Crippen LogP contribution is 2.21. The van der Waals surface area contributed by atoms with Gasteiger partial charge in [-0.25, -0.2) is 0 Å². The molecule has 0 bridgehead atoms. The Hall–Kier alpha value is -2.99. The first-order chi connectivity index (χ1) is 12.1. The third-order valence-corrected chi connectivity index (χ3v) is 3.97. The third kappa shape index (κ3) is 4.30. The van der Waals surface area contributed by atoms with Gasteiger partial charge in [-0.1, -0.05) is 36.4 Å². The summed E-state index contributed by atoms with van der Waals surface area (Å²) in [7, 11) is 1.78. The predicted octanol–water partition coefficient (Wildman–Crippen LogP) is 2.58. The minimum absolute atomic E-state index is 0.446. The standard InChI is InChI=1S/C19H20N4O2/c1-22(14-17-9-5-6-10-20-17)18(19(24)25)16-11-21-23(13-16)12-15-7-3-2-4-8-15/h2-11,13,18H,12,14H2,1H3,(H,24,25)/t18-/m1/s1. The number of likely N-dealkylation sites (N-methyl/N-ethyl adjacent to an activating group) is 1. The van der Waals surface area contributed by atoms with Crippen molar-refractivity contribution in [1.29, 1.82) is 0 Å². The van der Waals surface area contributed by atoms with Gasteiger partial charge in [-0.3, -0.25) is 19.4 Å². The van der Waals surface area contributed by atoms with Crippen LogP contribution in [0.3, 0.4) is 0 Å². The van der Waals surface area contributed by atoms with Crippen LogP contribution in [0.4, 0.5) is 0 Å². The summed E-state index contributed by atoms with van der Waals surface area (Å²) in [5.41, 5.74) is 2.60. The highest BCUT2D eigenvalue weighted by atomic mass is 16.4. The Kier molecular flexibility index (Phi) is 5.20. The molecular weight excluding hydrogens is 316 g/mol. The SMILES string of the molecule is CN(Cc1ccccn1)[C@@H](C(=O)O)c1cnn(Cc2ccccc2)c1. The van der Waals surface area contributed by atoms with Crippen molar-refractivity contribution in [2.45, 2.75) is 19.1 Å². The summed E-state index contributed by atoms with van der Waals surface area (Å²) >= 11 is 0. The number of carbonyl (C=O) groups is 1. The van der Waals surface area contributed by atoms with Gasteiger partial charge >= 0.3 is 5.97 Å². The van der Waals surface area contributed by atoms with Gasteiger partial charge in [0, 0.05) is 24.5 Å². The number of hydrogen-bond donors (Lipinski definition) is 1. The maximum absolute atomic E-state index is 11.8. The van der Waals surface area contributed by atoms with Gasteiger partial charge in [-0.05, 0) is 24.7 Å². The molecule has 0 aliphatic rings. The maximum atomic E-state index is 11.8. The lowest BCUT2D eigenvalue weighted by molar-refractivity contribution is -0.143. The topological polar surface area (TPSA) is 71.2 Å². The molecule has 128 valence electrons. The van der Waals surface area contributed by atoms with E-state index in [9.17, 15) is 9.90 Å². The summed E-state index contributed by atoms with van der Waals surface area (Å²) in [6.45, 7) is 1.05. The van der Waals surface area contributed by atoms with Gasteiger partial charge in [0.15, 0.2) is 0 Å². The predicted molar refractivity (Wildman–Crippen MR) is 93.9 cm³/mol. The average molecular weight is 336 g/mol. The van der Waals surface area contributed by atoms with Crippen LogP contribution in [0.2, 0.25) is 0 Å². The van der Waals surface area contributed by atoms with Crippen LogP contribution < -0.4 is 0 Å². The van der Waals surface area contributed by atoms with Gasteiger partial charge < -0.3 is 5.11 Å². The zero-order valence-corrected chi connectivity index (χ0v) is 14.0. The Labute approximate surface area is 146 Å². The van der Waals surface area contributed by atoms with Crippen LogP contribution in [-0.2, 0) is 17.9 Å². The molecule has 0 aliphatic heterocycles. The first kappa shape index (κ1) is 16.9. The first-order valence-electron chi connectivity index (χ1n) is 8.02. The molecular formula is C19H20N4O2. The second kappa shape index (κ2) is 7.72. The van der Waals surface area contributed by atoms with Crippen molar-refractivity contribution < 1.29 is 9.90 Å². The number of pyridine rings is 1. The molecule has 1 aromatic carbocycles. The van der Waals surface area contributed by atoms with E-state index in [4.69, 9.17) is 0 Å². The van der Waals surface area contributed by atoms with Crippen LogP contribution in [0, 0.1) is 0 Å². The number of benzene rings is 1. The second-order valence-electron chi connectivity index (χ2n) is 5.93. The fraction of sp³-hybridized carbons (Fsp3) is 0.211. The summed E-state index contributed by atoms with van der Waals surface area (Å²) in [4.78, 5) is 17.8. The smallest absolute Gasteiger partial charge is 0.325 e. The van der Waals surface area contributed by atoms with Gasteiger partial charge in [0.2, 0.25) is 0 Å². The highest BCUT2D eigenvalue weighted by Gasteiger charge is 2.26. The quantitative estimate of drug-likeness (QED) is 0.718. The van der Waals surface area contributed by atoms with E-state index < -0.39 is 12.0 Å². The largest absolute Gasteiger partial charge is 0.480 e. The number of carboxylic acid groups (broad SMARTS) is 1. The summed E-state index contributed by atoms with van der Waals surface area (Å²) in [6.07, 6.45) is 5.12. The van der Waals surface area contributed by atoms with Crippen molar-refractivity contribution in [2.75, 3.05) is 7.05 Å².